The Morgan fingerprint density at radius 2 is 2.12 bits per heavy atom. The fourth-order valence-electron chi connectivity index (χ4n) is 1.72. The monoisotopic (exact) mass is 219 g/mol. The predicted octanol–water partition coefficient (Wildman–Crippen LogP) is 1.93. The second-order valence-corrected chi connectivity index (χ2v) is 3.52. The Morgan fingerprint density at radius 3 is 2.81 bits per heavy atom. The molecule has 0 atom stereocenters. The molecule has 0 N–H and O–H groups in total. The lowest BCUT2D eigenvalue weighted by Gasteiger charge is -2.14. The molecule has 4 heteroatoms. The molecule has 0 saturated heterocycles. The van der Waals surface area contributed by atoms with Crippen LogP contribution in [0.4, 0.5) is 10.1 Å². The highest BCUT2D eigenvalue weighted by molar-refractivity contribution is 6.52. The van der Waals surface area contributed by atoms with Gasteiger partial charge in [-0.2, -0.15) is 0 Å². The van der Waals surface area contributed by atoms with E-state index in [0.717, 1.165) is 6.07 Å². The number of halogens is 1. The van der Waals surface area contributed by atoms with E-state index >= 15 is 0 Å². The standard InChI is InChI=1S/C12H10FNO2/c1-2-3-6-14-10-5-4-8(13)7-9(10)11(15)12(14)16/h2,4-5,7H,1,3,6H2. The normalized spacial score (nSPS) is 14.2. The second-order valence-electron chi connectivity index (χ2n) is 3.52. The highest BCUT2D eigenvalue weighted by atomic mass is 19.1. The van der Waals surface area contributed by atoms with Gasteiger partial charge in [0, 0.05) is 6.54 Å². The van der Waals surface area contributed by atoms with Gasteiger partial charge in [0.25, 0.3) is 11.7 Å². The lowest BCUT2D eigenvalue weighted by Crippen LogP contribution is -2.30. The molecule has 2 rings (SSSR count). The summed E-state index contributed by atoms with van der Waals surface area (Å²) < 4.78 is 12.9. The number of Topliss-reactive ketones (excluding diaryl/α,β-unsaturated/α-hetero) is 1. The van der Waals surface area contributed by atoms with Crippen molar-refractivity contribution in [3.8, 4) is 0 Å². The van der Waals surface area contributed by atoms with Crippen LogP contribution in [0.2, 0.25) is 0 Å². The summed E-state index contributed by atoms with van der Waals surface area (Å²) in [6, 6.07) is 3.80. The van der Waals surface area contributed by atoms with Crippen LogP contribution in [-0.2, 0) is 4.79 Å². The Morgan fingerprint density at radius 1 is 1.38 bits per heavy atom. The van der Waals surface area contributed by atoms with Crippen molar-refractivity contribution in [3.63, 3.8) is 0 Å². The third-order valence-corrected chi connectivity index (χ3v) is 2.49. The van der Waals surface area contributed by atoms with Gasteiger partial charge in [-0.25, -0.2) is 4.39 Å². The van der Waals surface area contributed by atoms with E-state index < -0.39 is 17.5 Å². The van der Waals surface area contributed by atoms with Gasteiger partial charge in [-0.3, -0.25) is 9.59 Å². The molecular weight excluding hydrogens is 209 g/mol. The van der Waals surface area contributed by atoms with Gasteiger partial charge in [-0.1, -0.05) is 6.08 Å². The van der Waals surface area contributed by atoms with Crippen molar-refractivity contribution in [2.75, 3.05) is 11.4 Å². The molecule has 1 aromatic rings. The first-order valence-corrected chi connectivity index (χ1v) is 4.92. The topological polar surface area (TPSA) is 37.4 Å². The van der Waals surface area contributed by atoms with Crippen LogP contribution < -0.4 is 4.90 Å². The van der Waals surface area contributed by atoms with Gasteiger partial charge in [0.05, 0.1) is 11.3 Å². The SMILES string of the molecule is C=CCCN1C(=O)C(=O)c2cc(F)ccc21. The fourth-order valence-corrected chi connectivity index (χ4v) is 1.72. The molecule has 1 aliphatic rings. The highest BCUT2D eigenvalue weighted by Gasteiger charge is 2.35. The maximum Gasteiger partial charge on any atom is 0.299 e. The second kappa shape index (κ2) is 3.89. The van der Waals surface area contributed by atoms with Crippen LogP contribution in [0, 0.1) is 5.82 Å². The van der Waals surface area contributed by atoms with Crippen LogP contribution in [0.15, 0.2) is 30.9 Å². The Kier molecular flexibility index (Phi) is 2.56. The van der Waals surface area contributed by atoms with E-state index in [9.17, 15) is 14.0 Å². The van der Waals surface area contributed by atoms with Crippen molar-refractivity contribution >= 4 is 17.4 Å². The summed E-state index contributed by atoms with van der Waals surface area (Å²) in [5.41, 5.74) is 0.632. The van der Waals surface area contributed by atoms with Crippen LogP contribution >= 0.6 is 0 Å². The number of anilines is 1. The first-order valence-electron chi connectivity index (χ1n) is 4.92. The van der Waals surface area contributed by atoms with Crippen molar-refractivity contribution in [1.82, 2.24) is 0 Å². The Hall–Kier alpha value is -1.97. The Balaban J connectivity index is 2.41. The van der Waals surface area contributed by atoms with E-state index in [0.29, 0.717) is 18.7 Å². The average molecular weight is 219 g/mol. The molecule has 82 valence electrons. The summed E-state index contributed by atoms with van der Waals surface area (Å²) in [4.78, 5) is 24.5. The first-order chi connectivity index (χ1) is 7.65. The van der Waals surface area contributed by atoms with Gasteiger partial charge in [-0.15, -0.1) is 6.58 Å². The highest BCUT2D eigenvalue weighted by Crippen LogP contribution is 2.29. The van der Waals surface area contributed by atoms with Crippen LogP contribution in [0.1, 0.15) is 16.8 Å². The minimum absolute atomic E-state index is 0.147. The molecule has 0 spiro atoms. The van der Waals surface area contributed by atoms with Crippen LogP contribution in [0.5, 0.6) is 0 Å². The maximum absolute atomic E-state index is 12.9. The number of rotatable bonds is 3. The molecular formula is C12H10FNO2. The summed E-state index contributed by atoms with van der Waals surface area (Å²) >= 11 is 0. The number of carbonyl (C=O) groups excluding carboxylic acids is 2. The predicted molar refractivity (Wildman–Crippen MR) is 57.9 cm³/mol. The summed E-state index contributed by atoms with van der Waals surface area (Å²) in [6.07, 6.45) is 2.26. The number of benzene rings is 1. The number of ketones is 1. The molecule has 0 aliphatic carbocycles. The minimum Gasteiger partial charge on any atom is -0.304 e. The summed E-state index contributed by atoms with van der Waals surface area (Å²) in [5, 5.41) is 0. The summed E-state index contributed by atoms with van der Waals surface area (Å²) in [5.74, 6) is -1.74. The zero-order valence-corrected chi connectivity index (χ0v) is 8.57. The number of carbonyl (C=O) groups is 2. The minimum atomic E-state index is -0.640. The first kappa shape index (κ1) is 10.5. The van der Waals surface area contributed by atoms with Crippen molar-refractivity contribution in [2.45, 2.75) is 6.42 Å². The van der Waals surface area contributed by atoms with Gasteiger partial charge in [0.1, 0.15) is 5.82 Å². The number of fused-ring (bicyclic) bond motifs is 1. The maximum atomic E-state index is 12.9. The van der Waals surface area contributed by atoms with E-state index in [1.54, 1.807) is 6.08 Å². The van der Waals surface area contributed by atoms with E-state index in [2.05, 4.69) is 6.58 Å². The number of nitrogens with zero attached hydrogens (tertiary/aromatic N) is 1. The van der Waals surface area contributed by atoms with Crippen LogP contribution in [0.3, 0.4) is 0 Å². The average Bonchev–Trinajstić information content (AvgIpc) is 2.50. The van der Waals surface area contributed by atoms with Crippen molar-refractivity contribution in [3.05, 3.63) is 42.2 Å². The Labute approximate surface area is 92.2 Å². The lowest BCUT2D eigenvalue weighted by atomic mass is 10.1. The Bertz CT molecular complexity index is 482. The van der Waals surface area contributed by atoms with Crippen molar-refractivity contribution in [2.24, 2.45) is 0 Å². The van der Waals surface area contributed by atoms with Crippen LogP contribution in [-0.4, -0.2) is 18.2 Å². The van der Waals surface area contributed by atoms with Gasteiger partial charge >= 0.3 is 0 Å². The molecule has 16 heavy (non-hydrogen) atoms. The van der Waals surface area contributed by atoms with Crippen molar-refractivity contribution < 1.29 is 14.0 Å². The third-order valence-electron chi connectivity index (χ3n) is 2.49. The summed E-state index contributed by atoms with van der Waals surface area (Å²) in [7, 11) is 0. The lowest BCUT2D eigenvalue weighted by molar-refractivity contribution is -0.114. The molecule has 0 radical (unpaired) electrons. The molecule has 0 fully saturated rings. The molecule has 1 heterocycles. The van der Waals surface area contributed by atoms with E-state index in [4.69, 9.17) is 0 Å². The molecule has 0 bridgehead atoms. The van der Waals surface area contributed by atoms with Gasteiger partial charge < -0.3 is 4.90 Å². The number of hydrogen-bond donors (Lipinski definition) is 0. The van der Waals surface area contributed by atoms with E-state index in [1.807, 2.05) is 0 Å². The smallest absolute Gasteiger partial charge is 0.299 e. The third kappa shape index (κ3) is 1.52. The largest absolute Gasteiger partial charge is 0.304 e. The molecule has 0 saturated carbocycles. The zero-order valence-electron chi connectivity index (χ0n) is 8.57. The van der Waals surface area contributed by atoms with E-state index in [1.165, 1.54) is 17.0 Å². The molecule has 1 amide bonds. The van der Waals surface area contributed by atoms with Gasteiger partial charge in [-0.05, 0) is 24.6 Å². The van der Waals surface area contributed by atoms with E-state index in [-0.39, 0.29) is 5.56 Å². The van der Waals surface area contributed by atoms with Crippen molar-refractivity contribution in [1.29, 1.82) is 0 Å². The van der Waals surface area contributed by atoms with Gasteiger partial charge in [0.2, 0.25) is 0 Å². The summed E-state index contributed by atoms with van der Waals surface area (Å²) in [6.45, 7) is 3.95. The molecule has 1 aromatic carbocycles. The quantitative estimate of drug-likeness (QED) is 0.575. The zero-order chi connectivity index (χ0) is 11.7. The van der Waals surface area contributed by atoms with Crippen LogP contribution in [0.25, 0.3) is 0 Å². The molecule has 0 unspecified atom stereocenters. The molecule has 1 aliphatic heterocycles. The number of amides is 1. The molecule has 3 nitrogen and oxygen atoms in total. The fraction of sp³-hybridized carbons (Fsp3) is 0.167. The number of hydrogen-bond acceptors (Lipinski definition) is 2. The van der Waals surface area contributed by atoms with Gasteiger partial charge in [0.15, 0.2) is 0 Å². The molecule has 0 aromatic heterocycles.